The molecule has 0 saturated carbocycles. The van der Waals surface area contributed by atoms with E-state index in [0.717, 1.165) is 90.3 Å². The number of anilines is 1. The van der Waals surface area contributed by atoms with Crippen molar-refractivity contribution in [2.24, 2.45) is 0 Å². The number of rotatable bonds is 9. The molecule has 5 rings (SSSR count). The molecule has 1 aliphatic carbocycles. The molecule has 2 heterocycles. The summed E-state index contributed by atoms with van der Waals surface area (Å²) < 4.78 is 2.39. The molecule has 2 aromatic rings. The molecule has 2 aliphatic heterocycles. The minimum Gasteiger partial charge on any atom is -0.344 e. The molecule has 0 bridgehead atoms. The molecule has 0 radical (unpaired) electrons. The second-order valence-electron chi connectivity index (χ2n) is 13.1. The van der Waals surface area contributed by atoms with Crippen LogP contribution in [0.2, 0.25) is 20.1 Å². The Labute approximate surface area is 288 Å². The molecule has 0 fully saturated rings. The SMILES string of the molecule is CCCCN1/C(=C/C=C2\CCC(/C=C/C3=[N+](CCCC)c4cc(Cl)cc(Cl)c4C3(C)C)=C2Cl)C(C)(C)c2c(Cl)cc(Cl)cc21. The Morgan fingerprint density at radius 3 is 2.11 bits per heavy atom. The zero-order chi connectivity index (χ0) is 32.0. The molecule has 2 aromatic carbocycles. The fraction of sp³-hybridized carbons (Fsp3) is 0.432. The molecule has 44 heavy (non-hydrogen) atoms. The number of benzene rings is 2. The molecular weight excluding hydrogens is 650 g/mol. The molecule has 7 heteroatoms. The van der Waals surface area contributed by atoms with Crippen molar-refractivity contribution in [1.82, 2.24) is 0 Å². The number of fused-ring (bicyclic) bond motifs is 2. The first kappa shape index (κ1) is 33.7. The van der Waals surface area contributed by atoms with E-state index < -0.39 is 0 Å². The van der Waals surface area contributed by atoms with Gasteiger partial charge in [0.2, 0.25) is 5.69 Å². The van der Waals surface area contributed by atoms with Crippen LogP contribution in [0.25, 0.3) is 0 Å². The Kier molecular flexibility index (Phi) is 10.1. The molecule has 2 nitrogen and oxygen atoms in total. The van der Waals surface area contributed by atoms with Crippen molar-refractivity contribution < 1.29 is 4.58 Å². The lowest BCUT2D eigenvalue weighted by molar-refractivity contribution is -0.438. The van der Waals surface area contributed by atoms with Crippen molar-refractivity contribution in [3.63, 3.8) is 0 Å². The molecule has 0 saturated heterocycles. The highest BCUT2D eigenvalue weighted by molar-refractivity contribution is 6.37. The van der Waals surface area contributed by atoms with Crippen LogP contribution in [0.1, 0.15) is 91.2 Å². The van der Waals surface area contributed by atoms with E-state index in [1.165, 1.54) is 11.4 Å². The van der Waals surface area contributed by atoms with Gasteiger partial charge in [-0.3, -0.25) is 0 Å². The molecule has 0 amide bonds. The van der Waals surface area contributed by atoms with E-state index in [-0.39, 0.29) is 10.8 Å². The van der Waals surface area contributed by atoms with Gasteiger partial charge in [0, 0.05) is 67.6 Å². The van der Waals surface area contributed by atoms with E-state index in [1.54, 1.807) is 0 Å². The van der Waals surface area contributed by atoms with Crippen LogP contribution in [-0.2, 0) is 10.8 Å². The van der Waals surface area contributed by atoms with Gasteiger partial charge in [-0.1, -0.05) is 111 Å². The standard InChI is InChI=1S/C37H42Cl5N2/c1-7-9-17-43-29-21-25(38)19-27(40)33(29)36(3,4)31(43)15-13-23-11-12-24(35(23)42)14-16-32-37(5,6)34-28(41)20-26(39)22-30(34)44(32)18-10-8-2/h13-16,19-22H,7-12,17-18H2,1-6H3/q+1. The van der Waals surface area contributed by atoms with Crippen LogP contribution >= 0.6 is 58.0 Å². The van der Waals surface area contributed by atoms with Gasteiger partial charge in [-0.2, -0.15) is 4.58 Å². The minimum atomic E-state index is -0.259. The van der Waals surface area contributed by atoms with Gasteiger partial charge in [0.15, 0.2) is 5.71 Å². The van der Waals surface area contributed by atoms with Crippen molar-refractivity contribution in [3.8, 4) is 0 Å². The van der Waals surface area contributed by atoms with Gasteiger partial charge in [-0.15, -0.1) is 0 Å². The van der Waals surface area contributed by atoms with Crippen LogP contribution in [-0.4, -0.2) is 23.4 Å². The summed E-state index contributed by atoms with van der Waals surface area (Å²) in [6.07, 6.45) is 15.1. The normalized spacial score (nSPS) is 20.7. The van der Waals surface area contributed by atoms with Gasteiger partial charge in [-0.05, 0) is 68.5 Å². The quantitative estimate of drug-likeness (QED) is 0.237. The summed E-state index contributed by atoms with van der Waals surface area (Å²) in [7, 11) is 0. The van der Waals surface area contributed by atoms with Crippen LogP contribution < -0.4 is 4.90 Å². The number of allylic oxidation sites excluding steroid dienone is 8. The maximum atomic E-state index is 7.08. The Morgan fingerprint density at radius 1 is 0.773 bits per heavy atom. The molecule has 0 N–H and O–H groups in total. The van der Waals surface area contributed by atoms with E-state index in [9.17, 15) is 0 Å². The number of hydrogen-bond acceptors (Lipinski definition) is 1. The van der Waals surface area contributed by atoms with E-state index >= 15 is 0 Å². The van der Waals surface area contributed by atoms with Crippen LogP contribution in [0.5, 0.6) is 0 Å². The fourth-order valence-corrected chi connectivity index (χ4v) is 8.80. The number of halogens is 5. The Hall–Kier alpha value is -1.68. The summed E-state index contributed by atoms with van der Waals surface area (Å²) in [6, 6.07) is 7.80. The lowest BCUT2D eigenvalue weighted by Crippen LogP contribution is -2.28. The summed E-state index contributed by atoms with van der Waals surface area (Å²) in [6.45, 7) is 15.2. The van der Waals surface area contributed by atoms with Crippen LogP contribution in [0.4, 0.5) is 11.4 Å². The van der Waals surface area contributed by atoms with Crippen LogP contribution in [0, 0.1) is 0 Å². The molecule has 234 valence electrons. The van der Waals surface area contributed by atoms with Crippen molar-refractivity contribution >= 4 is 75.1 Å². The van der Waals surface area contributed by atoms with Crippen molar-refractivity contribution in [2.45, 2.75) is 90.9 Å². The summed E-state index contributed by atoms with van der Waals surface area (Å²) >= 11 is 33.6. The second kappa shape index (κ2) is 13.2. The second-order valence-corrected chi connectivity index (χ2v) is 15.2. The lowest BCUT2D eigenvalue weighted by atomic mass is 9.81. The summed E-state index contributed by atoms with van der Waals surface area (Å²) in [5, 5.41) is 3.59. The Bertz CT molecular complexity index is 1640. The average molecular weight is 692 g/mol. The van der Waals surface area contributed by atoms with Crippen molar-refractivity contribution in [1.29, 1.82) is 0 Å². The zero-order valence-electron chi connectivity index (χ0n) is 26.6. The van der Waals surface area contributed by atoms with Crippen molar-refractivity contribution in [2.75, 3.05) is 18.0 Å². The zero-order valence-corrected chi connectivity index (χ0v) is 30.3. The molecule has 0 spiro atoms. The average Bonchev–Trinajstić information content (AvgIpc) is 3.47. The Balaban J connectivity index is 1.50. The minimum absolute atomic E-state index is 0.259. The monoisotopic (exact) mass is 689 g/mol. The lowest BCUT2D eigenvalue weighted by Gasteiger charge is -2.27. The van der Waals surface area contributed by atoms with E-state index in [4.69, 9.17) is 58.0 Å². The third-order valence-electron chi connectivity index (χ3n) is 9.35. The third-order valence-corrected chi connectivity index (χ3v) is 10.9. The summed E-state index contributed by atoms with van der Waals surface area (Å²) in [5.41, 5.74) is 8.70. The largest absolute Gasteiger partial charge is 0.344 e. The van der Waals surface area contributed by atoms with Gasteiger partial charge in [0.1, 0.15) is 6.54 Å². The van der Waals surface area contributed by atoms with E-state index in [1.807, 2.05) is 24.3 Å². The number of unbranched alkanes of at least 4 members (excludes halogenated alkanes) is 2. The first-order valence-electron chi connectivity index (χ1n) is 15.7. The van der Waals surface area contributed by atoms with Crippen LogP contribution in [0.15, 0.2) is 70.4 Å². The summed E-state index contributed by atoms with van der Waals surface area (Å²) in [5.74, 6) is 0. The van der Waals surface area contributed by atoms with Gasteiger partial charge >= 0.3 is 0 Å². The third kappa shape index (κ3) is 6.07. The molecule has 0 aromatic heterocycles. The predicted octanol–water partition coefficient (Wildman–Crippen LogP) is 12.7. The molecular formula is C37H42Cl5N2+. The Morgan fingerprint density at radius 2 is 1.43 bits per heavy atom. The van der Waals surface area contributed by atoms with E-state index in [2.05, 4.69) is 75.3 Å². The summed E-state index contributed by atoms with van der Waals surface area (Å²) in [4.78, 5) is 2.39. The number of nitrogens with zero attached hydrogens (tertiary/aromatic N) is 2. The molecule has 0 unspecified atom stereocenters. The molecule has 3 aliphatic rings. The fourth-order valence-electron chi connectivity index (χ4n) is 7.05. The smallest absolute Gasteiger partial charge is 0.212 e. The molecule has 0 atom stereocenters. The highest BCUT2D eigenvalue weighted by atomic mass is 35.5. The van der Waals surface area contributed by atoms with Gasteiger partial charge in [0.05, 0.1) is 16.0 Å². The topological polar surface area (TPSA) is 6.25 Å². The van der Waals surface area contributed by atoms with Crippen LogP contribution in [0.3, 0.4) is 0 Å². The van der Waals surface area contributed by atoms with Gasteiger partial charge in [0.25, 0.3) is 0 Å². The maximum Gasteiger partial charge on any atom is 0.212 e. The first-order valence-corrected chi connectivity index (χ1v) is 17.6. The van der Waals surface area contributed by atoms with E-state index in [0.29, 0.717) is 20.1 Å². The van der Waals surface area contributed by atoms with Crippen molar-refractivity contribution in [3.05, 3.63) is 102 Å². The highest BCUT2D eigenvalue weighted by Gasteiger charge is 2.46. The predicted molar refractivity (Wildman–Crippen MR) is 193 cm³/mol. The number of hydrogen-bond donors (Lipinski definition) is 0. The van der Waals surface area contributed by atoms with Gasteiger partial charge < -0.3 is 4.90 Å². The highest BCUT2D eigenvalue weighted by Crippen LogP contribution is 2.52. The first-order chi connectivity index (χ1) is 20.8. The maximum absolute atomic E-state index is 7.08. The van der Waals surface area contributed by atoms with Gasteiger partial charge in [-0.25, -0.2) is 0 Å².